The van der Waals surface area contributed by atoms with Gasteiger partial charge < -0.3 is 31.9 Å². The van der Waals surface area contributed by atoms with E-state index in [0.717, 1.165) is 11.1 Å². The minimum atomic E-state index is -1.07. The standard InChI is InChI=1S/C35H48N6O6/c1-6-22(4)30-35(47)40-26(17-21(2)3)34(46)39-27(18-24-13-9-7-10-14-24)32(44)36-20-29(42)38-28(19-25-15-11-8-12-16-25)33(45)37-23(5)31(43)41-30/h7-16,21-23,26-28,30H,6,17-20H2,1-5H3,(H,36,44)(H,37,45)(H,38,42)(H,39,46)(H,40,47)(H,41,43)/t22-,23-,26-,27-,28-,30-/m0/s1. The van der Waals surface area contributed by atoms with Gasteiger partial charge in [0.25, 0.3) is 0 Å². The van der Waals surface area contributed by atoms with Crippen molar-refractivity contribution >= 4 is 35.4 Å². The number of nitrogens with one attached hydrogen (secondary N) is 6. The van der Waals surface area contributed by atoms with E-state index in [1.807, 2.05) is 76.2 Å². The van der Waals surface area contributed by atoms with Crippen LogP contribution < -0.4 is 31.9 Å². The van der Waals surface area contributed by atoms with Crippen molar-refractivity contribution in [3.8, 4) is 0 Å². The minimum absolute atomic E-state index is 0.00436. The van der Waals surface area contributed by atoms with Crippen LogP contribution in [-0.2, 0) is 41.6 Å². The van der Waals surface area contributed by atoms with Crippen molar-refractivity contribution in [3.05, 3.63) is 71.8 Å². The van der Waals surface area contributed by atoms with Gasteiger partial charge in [-0.3, -0.25) is 28.8 Å². The molecule has 0 aromatic heterocycles. The molecule has 0 radical (unpaired) electrons. The summed E-state index contributed by atoms with van der Waals surface area (Å²) >= 11 is 0. The molecule has 0 aliphatic carbocycles. The zero-order valence-corrected chi connectivity index (χ0v) is 27.8. The third-order valence-electron chi connectivity index (χ3n) is 8.16. The second-order valence-corrected chi connectivity index (χ2v) is 12.6. The SMILES string of the molecule is CC[C@H](C)[C@@H]1NC(=O)[C@H](C)NC(=O)[C@H](Cc2ccccc2)NC(=O)CNC(=O)[C@H](Cc2ccccc2)NC(=O)[C@H](CC(C)C)NC1=O. The van der Waals surface area contributed by atoms with Gasteiger partial charge in [0.05, 0.1) is 6.54 Å². The van der Waals surface area contributed by atoms with Gasteiger partial charge in [-0.2, -0.15) is 0 Å². The fourth-order valence-corrected chi connectivity index (χ4v) is 5.25. The average Bonchev–Trinajstić information content (AvgIpc) is 3.04. The van der Waals surface area contributed by atoms with Crippen LogP contribution in [0.4, 0.5) is 0 Å². The van der Waals surface area contributed by atoms with E-state index < -0.39 is 72.2 Å². The molecule has 0 spiro atoms. The summed E-state index contributed by atoms with van der Waals surface area (Å²) in [7, 11) is 0. The Morgan fingerprint density at radius 3 is 1.66 bits per heavy atom. The zero-order valence-electron chi connectivity index (χ0n) is 27.8. The number of hydrogen-bond acceptors (Lipinski definition) is 6. The summed E-state index contributed by atoms with van der Waals surface area (Å²) in [5.74, 6) is -3.84. The summed E-state index contributed by atoms with van der Waals surface area (Å²) in [6.45, 7) is 8.52. The number of carbonyl (C=O) groups excluding carboxylic acids is 6. The topological polar surface area (TPSA) is 175 Å². The van der Waals surface area contributed by atoms with Gasteiger partial charge in [0, 0.05) is 12.8 Å². The highest BCUT2D eigenvalue weighted by molar-refractivity contribution is 5.97. The lowest BCUT2D eigenvalue weighted by Crippen LogP contribution is -2.61. The molecule has 1 aliphatic rings. The van der Waals surface area contributed by atoms with E-state index in [9.17, 15) is 28.8 Å². The molecule has 0 bridgehead atoms. The minimum Gasteiger partial charge on any atom is -0.345 e. The Hall–Kier alpha value is -4.74. The van der Waals surface area contributed by atoms with E-state index in [1.54, 1.807) is 12.1 Å². The summed E-state index contributed by atoms with van der Waals surface area (Å²) in [6.07, 6.45) is 1.08. The summed E-state index contributed by atoms with van der Waals surface area (Å²) in [5.41, 5.74) is 1.54. The zero-order chi connectivity index (χ0) is 34.5. The third-order valence-corrected chi connectivity index (χ3v) is 8.16. The summed E-state index contributed by atoms with van der Waals surface area (Å²) in [5, 5.41) is 16.3. The number of hydrogen-bond donors (Lipinski definition) is 6. The molecule has 1 heterocycles. The maximum atomic E-state index is 13.7. The van der Waals surface area contributed by atoms with Crippen molar-refractivity contribution in [2.24, 2.45) is 11.8 Å². The van der Waals surface area contributed by atoms with E-state index in [2.05, 4.69) is 31.9 Å². The Labute approximate surface area is 276 Å². The largest absolute Gasteiger partial charge is 0.345 e. The molecule has 2 aromatic rings. The molecule has 0 saturated carbocycles. The van der Waals surface area contributed by atoms with Crippen LogP contribution in [0.25, 0.3) is 0 Å². The molecule has 12 nitrogen and oxygen atoms in total. The molecule has 1 aliphatic heterocycles. The lowest BCUT2D eigenvalue weighted by atomic mass is 9.96. The molecule has 47 heavy (non-hydrogen) atoms. The highest BCUT2D eigenvalue weighted by Crippen LogP contribution is 2.13. The van der Waals surface area contributed by atoms with E-state index >= 15 is 0 Å². The van der Waals surface area contributed by atoms with Crippen molar-refractivity contribution in [2.45, 2.75) is 90.5 Å². The smallest absolute Gasteiger partial charge is 0.243 e. The molecule has 12 heteroatoms. The van der Waals surface area contributed by atoms with Gasteiger partial charge in [-0.05, 0) is 36.3 Å². The molecule has 1 saturated heterocycles. The maximum Gasteiger partial charge on any atom is 0.243 e. The van der Waals surface area contributed by atoms with Gasteiger partial charge in [-0.1, -0.05) is 94.8 Å². The van der Waals surface area contributed by atoms with E-state index in [1.165, 1.54) is 6.92 Å². The van der Waals surface area contributed by atoms with Gasteiger partial charge in [-0.15, -0.1) is 0 Å². The quantitative estimate of drug-likeness (QED) is 0.250. The fraction of sp³-hybridized carbons (Fsp3) is 0.486. The van der Waals surface area contributed by atoms with Crippen LogP contribution in [0.2, 0.25) is 0 Å². The van der Waals surface area contributed by atoms with Crippen molar-refractivity contribution < 1.29 is 28.8 Å². The second kappa shape index (κ2) is 17.8. The Kier molecular flexibility index (Phi) is 13.9. The molecule has 3 rings (SSSR count). The van der Waals surface area contributed by atoms with Crippen LogP contribution in [0.15, 0.2) is 60.7 Å². The van der Waals surface area contributed by atoms with Crippen molar-refractivity contribution in [1.29, 1.82) is 0 Å². The predicted molar refractivity (Wildman–Crippen MR) is 178 cm³/mol. The summed E-state index contributed by atoms with van der Waals surface area (Å²) in [4.78, 5) is 80.7. The molecule has 6 amide bonds. The Morgan fingerprint density at radius 1 is 0.617 bits per heavy atom. The molecule has 6 atom stereocenters. The second-order valence-electron chi connectivity index (χ2n) is 12.6. The third kappa shape index (κ3) is 11.5. The molecule has 254 valence electrons. The van der Waals surface area contributed by atoms with Gasteiger partial charge in [-0.25, -0.2) is 0 Å². The first-order chi connectivity index (χ1) is 22.4. The van der Waals surface area contributed by atoms with Gasteiger partial charge in [0.1, 0.15) is 30.2 Å². The summed E-state index contributed by atoms with van der Waals surface area (Å²) in [6, 6.07) is 12.9. The van der Waals surface area contributed by atoms with E-state index in [0.29, 0.717) is 6.42 Å². The fourth-order valence-electron chi connectivity index (χ4n) is 5.25. The molecule has 0 unspecified atom stereocenters. The lowest BCUT2D eigenvalue weighted by Gasteiger charge is -2.29. The molecular weight excluding hydrogens is 600 g/mol. The average molecular weight is 649 g/mol. The summed E-state index contributed by atoms with van der Waals surface area (Å²) < 4.78 is 0. The van der Waals surface area contributed by atoms with Crippen LogP contribution in [-0.4, -0.2) is 72.2 Å². The predicted octanol–water partition coefficient (Wildman–Crippen LogP) is 1.14. The molecular formula is C35H48N6O6. The van der Waals surface area contributed by atoms with Crippen LogP contribution in [0.5, 0.6) is 0 Å². The normalized spacial score (nSPS) is 24.4. The highest BCUT2D eigenvalue weighted by atomic mass is 16.2. The van der Waals surface area contributed by atoms with E-state index in [4.69, 9.17) is 0 Å². The monoisotopic (exact) mass is 648 g/mol. The van der Waals surface area contributed by atoms with Crippen LogP contribution in [0.3, 0.4) is 0 Å². The highest BCUT2D eigenvalue weighted by Gasteiger charge is 2.34. The van der Waals surface area contributed by atoms with Crippen molar-refractivity contribution in [1.82, 2.24) is 31.9 Å². The first-order valence-corrected chi connectivity index (χ1v) is 16.2. The van der Waals surface area contributed by atoms with Gasteiger partial charge in [0.15, 0.2) is 0 Å². The van der Waals surface area contributed by atoms with Crippen LogP contribution in [0, 0.1) is 11.8 Å². The molecule has 1 fully saturated rings. The van der Waals surface area contributed by atoms with Crippen LogP contribution >= 0.6 is 0 Å². The van der Waals surface area contributed by atoms with Crippen molar-refractivity contribution in [3.63, 3.8) is 0 Å². The van der Waals surface area contributed by atoms with Crippen molar-refractivity contribution in [2.75, 3.05) is 6.54 Å². The maximum absolute atomic E-state index is 13.7. The lowest BCUT2D eigenvalue weighted by molar-refractivity contribution is -0.136. The Bertz CT molecular complexity index is 1390. The number of rotatable bonds is 8. The van der Waals surface area contributed by atoms with E-state index in [-0.39, 0.29) is 31.1 Å². The first kappa shape index (κ1) is 36.7. The number of benzene rings is 2. The number of carbonyl (C=O) groups is 6. The first-order valence-electron chi connectivity index (χ1n) is 16.2. The number of amides is 6. The van der Waals surface area contributed by atoms with Crippen LogP contribution in [0.1, 0.15) is 58.6 Å². The van der Waals surface area contributed by atoms with Gasteiger partial charge in [0.2, 0.25) is 35.4 Å². The molecule has 6 N–H and O–H groups in total. The Morgan fingerprint density at radius 2 is 1.13 bits per heavy atom. The molecule has 2 aromatic carbocycles. The van der Waals surface area contributed by atoms with Gasteiger partial charge >= 0.3 is 0 Å². The Balaban J connectivity index is 1.98.